The van der Waals surface area contributed by atoms with Gasteiger partial charge in [-0.05, 0) is 13.1 Å². The van der Waals surface area contributed by atoms with Gasteiger partial charge in [0.2, 0.25) is 0 Å². The maximum absolute atomic E-state index is 6.37. The maximum atomic E-state index is 6.37. The predicted octanol–water partition coefficient (Wildman–Crippen LogP) is -0.650. The van der Waals surface area contributed by atoms with Gasteiger partial charge in [-0.15, -0.1) is 0 Å². The highest BCUT2D eigenvalue weighted by Crippen LogP contribution is 2.33. The highest BCUT2D eigenvalue weighted by atomic mass is 15.4. The number of aliphatic imine (C=N–C) groups is 1. The first-order chi connectivity index (χ1) is 8.25. The van der Waals surface area contributed by atoms with Crippen LogP contribution in [0.2, 0.25) is 0 Å². The van der Waals surface area contributed by atoms with E-state index in [9.17, 15) is 0 Å². The average Bonchev–Trinajstić information content (AvgIpc) is 2.12. The summed E-state index contributed by atoms with van der Waals surface area (Å²) < 4.78 is 0. The molecule has 6 nitrogen and oxygen atoms in total. The van der Waals surface area contributed by atoms with Crippen LogP contribution in [-0.2, 0) is 0 Å². The van der Waals surface area contributed by atoms with Gasteiger partial charge in [-0.2, -0.15) is 0 Å². The molecule has 0 spiro atoms. The van der Waals surface area contributed by atoms with Crippen molar-refractivity contribution in [2.24, 2.45) is 21.9 Å². The zero-order valence-electron chi connectivity index (χ0n) is 11.6. The molecule has 1 unspecified atom stereocenters. The van der Waals surface area contributed by atoms with Crippen molar-refractivity contribution in [3.05, 3.63) is 11.9 Å². The van der Waals surface area contributed by atoms with Crippen LogP contribution in [0.1, 0.15) is 20.8 Å². The Balaban J connectivity index is 2.18. The number of nitrogens with two attached hydrogens (primary N) is 2. The SMILES string of the molecule is CNC1CN(C2=CC(N)(C(C)(C)C)N=C(N)N2)C1. The van der Waals surface area contributed by atoms with E-state index in [1.165, 1.54) is 0 Å². The standard InChI is InChI=1S/C12H24N6/c1-11(2,3)12(14)5-9(16-10(13)17-12)18-6-8(7-18)15-4/h5,8,15H,6-7,14H2,1-4H3,(H3,13,16,17). The van der Waals surface area contributed by atoms with Gasteiger partial charge in [0, 0.05) is 24.5 Å². The van der Waals surface area contributed by atoms with Gasteiger partial charge in [0.25, 0.3) is 0 Å². The quantitative estimate of drug-likeness (QED) is 0.524. The number of nitrogens with one attached hydrogen (secondary N) is 2. The lowest BCUT2D eigenvalue weighted by Crippen LogP contribution is -2.62. The molecule has 2 aliphatic heterocycles. The third-order valence-corrected chi connectivity index (χ3v) is 3.75. The van der Waals surface area contributed by atoms with E-state index in [-0.39, 0.29) is 5.41 Å². The van der Waals surface area contributed by atoms with E-state index in [1.54, 1.807) is 0 Å². The van der Waals surface area contributed by atoms with Crippen LogP contribution in [0.4, 0.5) is 0 Å². The van der Waals surface area contributed by atoms with Gasteiger partial charge in [-0.3, -0.25) is 0 Å². The molecule has 6 N–H and O–H groups in total. The second-order valence-electron chi connectivity index (χ2n) is 6.12. The van der Waals surface area contributed by atoms with Crippen LogP contribution in [0, 0.1) is 5.41 Å². The van der Waals surface area contributed by atoms with Gasteiger partial charge in [0.1, 0.15) is 11.5 Å². The zero-order valence-corrected chi connectivity index (χ0v) is 11.6. The number of hydrogen-bond donors (Lipinski definition) is 4. The minimum absolute atomic E-state index is 0.182. The second kappa shape index (κ2) is 4.13. The lowest BCUT2D eigenvalue weighted by molar-refractivity contribution is 0.160. The molecule has 2 aliphatic rings. The number of hydrogen-bond acceptors (Lipinski definition) is 6. The second-order valence-corrected chi connectivity index (χ2v) is 6.12. The van der Waals surface area contributed by atoms with Crippen LogP contribution in [0.15, 0.2) is 16.9 Å². The predicted molar refractivity (Wildman–Crippen MR) is 73.6 cm³/mol. The number of nitrogens with zero attached hydrogens (tertiary/aromatic N) is 2. The van der Waals surface area contributed by atoms with E-state index in [4.69, 9.17) is 11.5 Å². The van der Waals surface area contributed by atoms with Gasteiger partial charge >= 0.3 is 0 Å². The molecule has 6 heteroatoms. The lowest BCUT2D eigenvalue weighted by atomic mass is 9.80. The first-order valence-electron chi connectivity index (χ1n) is 6.31. The van der Waals surface area contributed by atoms with E-state index in [2.05, 4.69) is 41.3 Å². The minimum Gasteiger partial charge on any atom is -0.370 e. The van der Waals surface area contributed by atoms with Crippen molar-refractivity contribution < 1.29 is 0 Å². The first kappa shape index (κ1) is 13.2. The van der Waals surface area contributed by atoms with E-state index in [1.807, 2.05) is 13.1 Å². The Labute approximate surface area is 108 Å². The fraction of sp³-hybridized carbons (Fsp3) is 0.750. The minimum atomic E-state index is -0.762. The molecule has 1 fully saturated rings. The van der Waals surface area contributed by atoms with Crippen LogP contribution in [0.3, 0.4) is 0 Å². The Morgan fingerprint density at radius 1 is 1.50 bits per heavy atom. The molecule has 2 rings (SSSR count). The molecule has 0 aliphatic carbocycles. The van der Waals surface area contributed by atoms with Gasteiger partial charge < -0.3 is 27.0 Å². The Hall–Kier alpha value is -1.27. The molecule has 0 saturated carbocycles. The Kier molecular flexibility index (Phi) is 3.03. The molecular formula is C12H24N6. The van der Waals surface area contributed by atoms with Crippen LogP contribution in [0.25, 0.3) is 0 Å². The van der Waals surface area contributed by atoms with Gasteiger partial charge in [0.15, 0.2) is 5.96 Å². The van der Waals surface area contributed by atoms with E-state index in [0.717, 1.165) is 18.9 Å². The van der Waals surface area contributed by atoms with E-state index >= 15 is 0 Å². The summed E-state index contributed by atoms with van der Waals surface area (Å²) in [5.41, 5.74) is 11.3. The summed E-state index contributed by atoms with van der Waals surface area (Å²) in [5, 5.41) is 6.34. The molecule has 0 aromatic rings. The summed E-state index contributed by atoms with van der Waals surface area (Å²) in [4.78, 5) is 6.58. The topological polar surface area (TPSA) is 91.7 Å². The van der Waals surface area contributed by atoms with Crippen molar-refractivity contribution in [2.45, 2.75) is 32.5 Å². The molecule has 0 aromatic heterocycles. The fourth-order valence-electron chi connectivity index (χ4n) is 2.05. The number of rotatable bonds is 2. The summed E-state index contributed by atoms with van der Waals surface area (Å²) in [6.07, 6.45) is 1.98. The van der Waals surface area contributed by atoms with Gasteiger partial charge in [0.05, 0.1) is 0 Å². The van der Waals surface area contributed by atoms with Crippen LogP contribution < -0.4 is 22.1 Å². The molecule has 0 amide bonds. The molecular weight excluding hydrogens is 228 g/mol. The van der Waals surface area contributed by atoms with Crippen molar-refractivity contribution in [3.63, 3.8) is 0 Å². The fourth-order valence-corrected chi connectivity index (χ4v) is 2.05. The Bertz CT molecular complexity index is 388. The van der Waals surface area contributed by atoms with Crippen molar-refractivity contribution in [2.75, 3.05) is 20.1 Å². The molecule has 18 heavy (non-hydrogen) atoms. The number of likely N-dealkylation sites (N-methyl/N-ethyl adjacent to an activating group) is 1. The molecule has 102 valence electrons. The summed E-state index contributed by atoms with van der Waals surface area (Å²) in [7, 11) is 1.98. The van der Waals surface area contributed by atoms with Gasteiger partial charge in [-0.1, -0.05) is 20.8 Å². The summed E-state index contributed by atoms with van der Waals surface area (Å²) in [6, 6.07) is 0.537. The molecule has 1 atom stereocenters. The monoisotopic (exact) mass is 252 g/mol. The van der Waals surface area contributed by atoms with E-state index < -0.39 is 5.66 Å². The van der Waals surface area contributed by atoms with Crippen LogP contribution >= 0.6 is 0 Å². The van der Waals surface area contributed by atoms with Gasteiger partial charge in [-0.25, -0.2) is 4.99 Å². The average molecular weight is 252 g/mol. The highest BCUT2D eigenvalue weighted by Gasteiger charge is 2.41. The third kappa shape index (κ3) is 2.18. The molecule has 0 bridgehead atoms. The number of likely N-dealkylation sites (tertiary alicyclic amines) is 1. The molecule has 0 radical (unpaired) electrons. The molecule has 0 aromatic carbocycles. The van der Waals surface area contributed by atoms with E-state index in [0.29, 0.717) is 12.0 Å². The summed E-state index contributed by atoms with van der Waals surface area (Å²) in [5.74, 6) is 1.35. The maximum Gasteiger partial charge on any atom is 0.196 e. The van der Waals surface area contributed by atoms with Crippen molar-refractivity contribution in [1.29, 1.82) is 0 Å². The Morgan fingerprint density at radius 2 is 2.11 bits per heavy atom. The summed E-state index contributed by atoms with van der Waals surface area (Å²) in [6.45, 7) is 8.12. The molecule has 1 saturated heterocycles. The van der Waals surface area contributed by atoms with Crippen molar-refractivity contribution in [1.82, 2.24) is 15.5 Å². The van der Waals surface area contributed by atoms with Crippen molar-refractivity contribution in [3.8, 4) is 0 Å². The van der Waals surface area contributed by atoms with Crippen molar-refractivity contribution >= 4 is 5.96 Å². The largest absolute Gasteiger partial charge is 0.370 e. The zero-order chi connectivity index (χ0) is 13.6. The Morgan fingerprint density at radius 3 is 2.61 bits per heavy atom. The smallest absolute Gasteiger partial charge is 0.196 e. The highest BCUT2D eigenvalue weighted by molar-refractivity contribution is 5.81. The third-order valence-electron chi connectivity index (χ3n) is 3.75. The number of guanidine groups is 1. The van der Waals surface area contributed by atoms with Crippen LogP contribution in [0.5, 0.6) is 0 Å². The summed E-state index contributed by atoms with van der Waals surface area (Å²) >= 11 is 0. The normalized spacial score (nSPS) is 29.3. The van der Waals surface area contributed by atoms with Crippen LogP contribution in [-0.4, -0.2) is 42.7 Å². The first-order valence-corrected chi connectivity index (χ1v) is 6.31. The lowest BCUT2D eigenvalue weighted by Gasteiger charge is -2.46. The molecule has 2 heterocycles.